The molecule has 0 unspecified atom stereocenters. The summed E-state index contributed by atoms with van der Waals surface area (Å²) in [7, 11) is 0. The van der Waals surface area contributed by atoms with E-state index in [1.54, 1.807) is 0 Å². The van der Waals surface area contributed by atoms with Crippen LogP contribution in [0, 0.1) is 6.92 Å². The Bertz CT molecular complexity index is 1590. The van der Waals surface area contributed by atoms with Crippen molar-refractivity contribution in [2.24, 2.45) is 0 Å². The second-order valence-electron chi connectivity index (χ2n) is 8.51. The van der Waals surface area contributed by atoms with Crippen molar-refractivity contribution in [3.8, 4) is 11.1 Å². The molecule has 0 aliphatic heterocycles. The van der Waals surface area contributed by atoms with Crippen LogP contribution in [0.2, 0.25) is 0 Å². The summed E-state index contributed by atoms with van der Waals surface area (Å²) in [6.45, 7) is 16.4. The first-order chi connectivity index (χ1) is 17.6. The number of hydrogen-bond donors (Lipinski definition) is 0. The third-order valence-corrected chi connectivity index (χ3v) is 6.45. The molecule has 0 heteroatoms. The molecule has 0 amide bonds. The van der Waals surface area contributed by atoms with Crippen LogP contribution in [0.5, 0.6) is 0 Å². The van der Waals surface area contributed by atoms with Gasteiger partial charge in [0.25, 0.3) is 0 Å². The third-order valence-electron chi connectivity index (χ3n) is 6.45. The van der Waals surface area contributed by atoms with E-state index in [-0.39, 0.29) is 0 Å². The summed E-state index contributed by atoms with van der Waals surface area (Å²) >= 11 is 0. The van der Waals surface area contributed by atoms with Crippen LogP contribution in [0.15, 0.2) is 103 Å². The number of rotatable bonds is 5. The van der Waals surface area contributed by atoms with Gasteiger partial charge in [-0.1, -0.05) is 118 Å². The molecule has 4 rings (SSSR count). The highest BCUT2D eigenvalue weighted by molar-refractivity contribution is 6.01. The molecule has 0 spiro atoms. The first-order valence-electron chi connectivity index (χ1n) is 12.9. The van der Waals surface area contributed by atoms with Gasteiger partial charge >= 0.3 is 0 Å². The molecule has 0 heterocycles. The lowest BCUT2D eigenvalue weighted by Gasteiger charge is -2.14. The second kappa shape index (κ2) is 12.7. The van der Waals surface area contributed by atoms with Gasteiger partial charge in [-0.2, -0.15) is 0 Å². The minimum atomic E-state index is 1.20. The maximum atomic E-state index is 4.00. The smallest absolute Gasteiger partial charge is 0.00265 e. The lowest BCUT2D eigenvalue weighted by molar-refractivity contribution is 1.41. The normalized spacial score (nSPS) is 13.1. The van der Waals surface area contributed by atoms with E-state index >= 15 is 0 Å². The Morgan fingerprint density at radius 1 is 0.778 bits per heavy atom. The zero-order valence-electron chi connectivity index (χ0n) is 22.6. The molecule has 0 atom stereocenters. The van der Waals surface area contributed by atoms with E-state index < -0.39 is 0 Å². The molecule has 0 radical (unpaired) electrons. The predicted octanol–water partition coefficient (Wildman–Crippen LogP) is 9.30. The average Bonchev–Trinajstić information content (AvgIpc) is 2.92. The van der Waals surface area contributed by atoms with Gasteiger partial charge in [-0.05, 0) is 99.6 Å². The molecular weight excluding hydrogens is 432 g/mol. The molecule has 0 saturated heterocycles. The summed E-state index contributed by atoms with van der Waals surface area (Å²) in [4.78, 5) is 0. The van der Waals surface area contributed by atoms with Crippen LogP contribution in [0.25, 0.3) is 50.9 Å². The first-order valence-corrected chi connectivity index (χ1v) is 12.9. The molecule has 4 aromatic carbocycles. The van der Waals surface area contributed by atoms with Gasteiger partial charge < -0.3 is 0 Å². The Labute approximate surface area is 217 Å². The highest BCUT2D eigenvalue weighted by Gasteiger charge is 2.11. The maximum Gasteiger partial charge on any atom is -0.00265 e. The zero-order valence-corrected chi connectivity index (χ0v) is 22.6. The fourth-order valence-electron chi connectivity index (χ4n) is 4.79. The molecule has 0 aliphatic carbocycles. The summed E-state index contributed by atoms with van der Waals surface area (Å²) in [5, 5.41) is 7.57. The Hall–Kier alpha value is -3.90. The Balaban J connectivity index is 0.00000176. The Morgan fingerprint density at radius 3 is 2.14 bits per heavy atom. The molecule has 4 aromatic rings. The van der Waals surface area contributed by atoms with Crippen molar-refractivity contribution in [3.05, 3.63) is 125 Å². The minimum Gasteiger partial charge on any atom is -0.0990 e. The summed E-state index contributed by atoms with van der Waals surface area (Å²) in [6, 6.07) is 22.2. The molecule has 0 nitrogen and oxygen atoms in total. The lowest BCUT2D eigenvalue weighted by Crippen LogP contribution is -2.29. The van der Waals surface area contributed by atoms with E-state index in [4.69, 9.17) is 0 Å². The van der Waals surface area contributed by atoms with Crippen LogP contribution in [0.4, 0.5) is 0 Å². The molecule has 0 aliphatic rings. The minimum absolute atomic E-state index is 1.20. The van der Waals surface area contributed by atoms with Gasteiger partial charge in [-0.25, -0.2) is 0 Å². The van der Waals surface area contributed by atoms with Crippen LogP contribution in [0.3, 0.4) is 0 Å². The number of benzene rings is 4. The van der Waals surface area contributed by atoms with Crippen molar-refractivity contribution >= 4 is 39.8 Å². The molecule has 0 fully saturated rings. The highest BCUT2D eigenvalue weighted by Crippen LogP contribution is 2.29. The summed E-state index contributed by atoms with van der Waals surface area (Å²) in [5.74, 6) is 0. The van der Waals surface area contributed by atoms with Crippen molar-refractivity contribution < 1.29 is 0 Å². The lowest BCUT2D eigenvalue weighted by atomic mass is 9.90. The van der Waals surface area contributed by atoms with Gasteiger partial charge in [0.05, 0.1) is 0 Å². The van der Waals surface area contributed by atoms with Gasteiger partial charge in [-0.3, -0.25) is 0 Å². The molecule has 0 N–H and O–H groups in total. The van der Waals surface area contributed by atoms with Gasteiger partial charge in [0, 0.05) is 0 Å². The fourth-order valence-corrected chi connectivity index (χ4v) is 4.79. The van der Waals surface area contributed by atoms with Gasteiger partial charge in [0.2, 0.25) is 0 Å². The molecule has 36 heavy (non-hydrogen) atoms. The third kappa shape index (κ3) is 5.50. The van der Waals surface area contributed by atoms with Gasteiger partial charge in [-0.15, -0.1) is 0 Å². The van der Waals surface area contributed by atoms with E-state index in [0.717, 1.165) is 0 Å². The molecule has 0 saturated carbocycles. The molecule has 0 aromatic heterocycles. The van der Waals surface area contributed by atoms with Crippen LogP contribution in [-0.4, -0.2) is 0 Å². The highest BCUT2D eigenvalue weighted by atomic mass is 14.1. The standard InChI is InChI=1S/C34H32.C2H6/c1-6-12-25(8-3)16-17-26-18-19-28-23-29(21-20-27(28)22-26)34-32(13-7-2)30(9-4)24(5)31-14-10-11-15-33(31)34;1-2/h6-23H,2H2,1,3-5H3;1-2H3/b12-6-,17-16+,25-8+,30-9-,32-13+;. The quantitative estimate of drug-likeness (QED) is 0.255. The largest absolute Gasteiger partial charge is 0.0990 e. The SMILES string of the molecule is C=C/C=c1/c(-c2ccc3cc(/C=C/C(/C=C\C)=C/C)ccc3c2)c2ccccc2c(C)/c1=C/C.CC. The second-order valence-corrected chi connectivity index (χ2v) is 8.51. The number of fused-ring (bicyclic) bond motifs is 2. The van der Waals surface area contributed by atoms with Crippen LogP contribution in [-0.2, 0) is 0 Å². The van der Waals surface area contributed by atoms with Crippen molar-refractivity contribution in [1.82, 2.24) is 0 Å². The first kappa shape index (κ1) is 26.7. The number of allylic oxidation sites excluding steroid dienone is 6. The summed E-state index contributed by atoms with van der Waals surface area (Å²) < 4.78 is 0. The van der Waals surface area contributed by atoms with Gasteiger partial charge in [0.15, 0.2) is 0 Å². The van der Waals surface area contributed by atoms with Crippen molar-refractivity contribution in [2.45, 2.75) is 41.5 Å². The number of aryl methyl sites for hydroxylation is 1. The van der Waals surface area contributed by atoms with E-state index in [0.29, 0.717) is 0 Å². The Kier molecular flexibility index (Phi) is 9.42. The topological polar surface area (TPSA) is 0 Å². The predicted molar refractivity (Wildman–Crippen MR) is 165 cm³/mol. The Morgan fingerprint density at radius 2 is 1.47 bits per heavy atom. The van der Waals surface area contributed by atoms with Crippen molar-refractivity contribution in [3.63, 3.8) is 0 Å². The van der Waals surface area contributed by atoms with Crippen LogP contribution >= 0.6 is 0 Å². The van der Waals surface area contributed by atoms with Crippen molar-refractivity contribution in [2.75, 3.05) is 0 Å². The van der Waals surface area contributed by atoms with E-state index in [2.05, 4.69) is 131 Å². The number of hydrogen-bond acceptors (Lipinski definition) is 0. The van der Waals surface area contributed by atoms with E-state index in [1.165, 1.54) is 59.8 Å². The molecule has 182 valence electrons. The molecular formula is C36H38. The van der Waals surface area contributed by atoms with Gasteiger partial charge in [0.1, 0.15) is 0 Å². The zero-order chi connectivity index (χ0) is 26.1. The molecule has 0 bridgehead atoms. The average molecular weight is 471 g/mol. The summed E-state index contributed by atoms with van der Waals surface area (Å²) in [6.07, 6.45) is 16.9. The van der Waals surface area contributed by atoms with E-state index in [1.807, 2.05) is 26.8 Å². The van der Waals surface area contributed by atoms with Crippen LogP contribution < -0.4 is 10.4 Å². The van der Waals surface area contributed by atoms with Crippen molar-refractivity contribution in [1.29, 1.82) is 0 Å². The monoisotopic (exact) mass is 470 g/mol. The summed E-state index contributed by atoms with van der Waals surface area (Å²) in [5.41, 5.74) is 6.22. The fraction of sp³-hybridized carbons (Fsp3) is 0.167. The maximum absolute atomic E-state index is 4.00. The van der Waals surface area contributed by atoms with Crippen LogP contribution in [0.1, 0.15) is 45.7 Å². The van der Waals surface area contributed by atoms with E-state index in [9.17, 15) is 0 Å².